The maximum atomic E-state index is 11.7. The van der Waals surface area contributed by atoms with E-state index in [1.807, 2.05) is 12.1 Å². The molecule has 0 fully saturated rings. The standard InChI is InChI=1S/C19H28N2O2/c1-3-5-6-7-8-9-14-18(22)21-20-15-17-13-10-12-16(11-4-2)19(17)23/h4,10,12-13,15,23H,2-3,5-9,11,14H2,1H3,(H,21,22). The minimum absolute atomic E-state index is 0.0847. The molecule has 0 unspecified atom stereocenters. The minimum atomic E-state index is -0.0847. The molecule has 0 radical (unpaired) electrons. The highest BCUT2D eigenvalue weighted by molar-refractivity contribution is 5.85. The lowest BCUT2D eigenvalue weighted by atomic mass is 10.1. The molecule has 0 saturated carbocycles. The summed E-state index contributed by atoms with van der Waals surface area (Å²) in [5, 5.41) is 14.0. The van der Waals surface area contributed by atoms with Crippen LogP contribution in [0.3, 0.4) is 0 Å². The average Bonchev–Trinajstić information content (AvgIpc) is 2.54. The number of rotatable bonds is 11. The second-order valence-electron chi connectivity index (χ2n) is 5.66. The molecule has 4 heteroatoms. The molecule has 1 amide bonds. The Hall–Kier alpha value is -2.10. The van der Waals surface area contributed by atoms with Crippen LogP contribution >= 0.6 is 0 Å². The van der Waals surface area contributed by atoms with Crippen LogP contribution in [0.1, 0.15) is 63.0 Å². The Bertz CT molecular complexity index is 524. The molecule has 1 rings (SSSR count). The van der Waals surface area contributed by atoms with E-state index in [9.17, 15) is 9.90 Å². The molecule has 1 aromatic rings. The van der Waals surface area contributed by atoms with E-state index < -0.39 is 0 Å². The number of unbranched alkanes of at least 4 members (excludes halogenated alkanes) is 5. The average molecular weight is 316 g/mol. The van der Waals surface area contributed by atoms with Crippen molar-refractivity contribution in [2.75, 3.05) is 0 Å². The Morgan fingerprint density at radius 2 is 2.00 bits per heavy atom. The summed E-state index contributed by atoms with van der Waals surface area (Å²) in [5.41, 5.74) is 3.89. The third kappa shape index (κ3) is 7.63. The Kier molecular flexibility index (Phi) is 9.45. The third-order valence-electron chi connectivity index (χ3n) is 3.67. The Labute approximate surface area is 139 Å². The first-order valence-electron chi connectivity index (χ1n) is 8.42. The Balaban J connectivity index is 2.34. The van der Waals surface area contributed by atoms with E-state index >= 15 is 0 Å². The van der Waals surface area contributed by atoms with Crippen LogP contribution in [0.15, 0.2) is 36.0 Å². The van der Waals surface area contributed by atoms with Gasteiger partial charge in [-0.1, -0.05) is 57.2 Å². The zero-order valence-corrected chi connectivity index (χ0v) is 14.1. The number of amides is 1. The number of nitrogens with zero attached hydrogens (tertiary/aromatic N) is 1. The van der Waals surface area contributed by atoms with Gasteiger partial charge in [-0.2, -0.15) is 5.10 Å². The van der Waals surface area contributed by atoms with Gasteiger partial charge in [0.25, 0.3) is 0 Å². The zero-order chi connectivity index (χ0) is 16.9. The first-order chi connectivity index (χ1) is 11.2. The molecule has 0 bridgehead atoms. The van der Waals surface area contributed by atoms with Crippen LogP contribution in [0.25, 0.3) is 0 Å². The van der Waals surface area contributed by atoms with Gasteiger partial charge in [0.2, 0.25) is 5.91 Å². The number of phenols is 1. The summed E-state index contributed by atoms with van der Waals surface area (Å²) >= 11 is 0. The van der Waals surface area contributed by atoms with Crippen molar-refractivity contribution in [3.05, 3.63) is 42.0 Å². The fraction of sp³-hybridized carbons (Fsp3) is 0.474. The molecule has 0 spiro atoms. The quantitative estimate of drug-likeness (QED) is 0.276. The number of benzene rings is 1. The second-order valence-corrected chi connectivity index (χ2v) is 5.66. The predicted octanol–water partition coefficient (Wildman–Crippen LogP) is 4.32. The first-order valence-corrected chi connectivity index (χ1v) is 8.42. The highest BCUT2D eigenvalue weighted by Crippen LogP contribution is 2.21. The lowest BCUT2D eigenvalue weighted by Gasteiger charge is -2.04. The number of phenolic OH excluding ortho intramolecular Hbond substituents is 1. The SMILES string of the molecule is C=CCc1cccc(C=NNC(=O)CCCCCCCC)c1O. The normalized spacial score (nSPS) is 10.8. The van der Waals surface area contributed by atoms with Crippen LogP contribution in [0.4, 0.5) is 0 Å². The molecule has 0 aromatic heterocycles. The van der Waals surface area contributed by atoms with Gasteiger partial charge < -0.3 is 5.11 Å². The van der Waals surface area contributed by atoms with E-state index in [-0.39, 0.29) is 11.7 Å². The number of allylic oxidation sites excluding steroid dienone is 1. The lowest BCUT2D eigenvalue weighted by molar-refractivity contribution is -0.121. The summed E-state index contributed by atoms with van der Waals surface area (Å²) in [5.74, 6) is 0.0970. The first kappa shape index (κ1) is 18.9. The minimum Gasteiger partial charge on any atom is -0.507 e. The van der Waals surface area contributed by atoms with Crippen LogP contribution in [-0.2, 0) is 11.2 Å². The molecule has 2 N–H and O–H groups in total. The second kappa shape index (κ2) is 11.5. The molecular weight excluding hydrogens is 288 g/mol. The van der Waals surface area contributed by atoms with Crippen molar-refractivity contribution in [1.82, 2.24) is 5.43 Å². The van der Waals surface area contributed by atoms with Gasteiger partial charge in [-0.15, -0.1) is 6.58 Å². The van der Waals surface area contributed by atoms with Crippen molar-refractivity contribution in [1.29, 1.82) is 0 Å². The summed E-state index contributed by atoms with van der Waals surface area (Å²) in [4.78, 5) is 11.7. The van der Waals surface area contributed by atoms with Gasteiger partial charge in [-0.05, 0) is 24.5 Å². The van der Waals surface area contributed by atoms with Gasteiger partial charge in [0.1, 0.15) is 5.75 Å². The molecule has 23 heavy (non-hydrogen) atoms. The third-order valence-corrected chi connectivity index (χ3v) is 3.67. The number of para-hydroxylation sites is 1. The van der Waals surface area contributed by atoms with E-state index in [2.05, 4.69) is 24.0 Å². The number of hydrogen-bond acceptors (Lipinski definition) is 3. The maximum absolute atomic E-state index is 11.7. The predicted molar refractivity (Wildman–Crippen MR) is 95.7 cm³/mol. The highest BCUT2D eigenvalue weighted by atomic mass is 16.3. The monoisotopic (exact) mass is 316 g/mol. The van der Waals surface area contributed by atoms with Gasteiger partial charge in [-0.25, -0.2) is 5.43 Å². The van der Waals surface area contributed by atoms with Crippen LogP contribution in [0, 0.1) is 0 Å². The largest absolute Gasteiger partial charge is 0.507 e. The van der Waals surface area contributed by atoms with Gasteiger partial charge in [0, 0.05) is 12.0 Å². The molecule has 0 aliphatic carbocycles. The molecule has 0 atom stereocenters. The highest BCUT2D eigenvalue weighted by Gasteiger charge is 2.04. The van der Waals surface area contributed by atoms with Crippen LogP contribution in [0.5, 0.6) is 5.75 Å². The van der Waals surface area contributed by atoms with Crippen molar-refractivity contribution >= 4 is 12.1 Å². The summed E-state index contributed by atoms with van der Waals surface area (Å²) in [6, 6.07) is 5.44. The van der Waals surface area contributed by atoms with Crippen molar-refractivity contribution in [2.24, 2.45) is 5.10 Å². The summed E-state index contributed by atoms with van der Waals surface area (Å²) < 4.78 is 0. The molecule has 0 aliphatic rings. The van der Waals surface area contributed by atoms with Gasteiger partial charge in [0.05, 0.1) is 6.21 Å². The van der Waals surface area contributed by atoms with E-state index in [4.69, 9.17) is 0 Å². The van der Waals surface area contributed by atoms with Gasteiger partial charge in [0.15, 0.2) is 0 Å². The Morgan fingerprint density at radius 3 is 2.74 bits per heavy atom. The van der Waals surface area contributed by atoms with Gasteiger partial charge in [-0.3, -0.25) is 4.79 Å². The van der Waals surface area contributed by atoms with Crippen molar-refractivity contribution in [2.45, 2.75) is 58.3 Å². The van der Waals surface area contributed by atoms with E-state index in [0.717, 1.165) is 18.4 Å². The molecule has 0 heterocycles. The molecule has 1 aromatic carbocycles. The molecule has 0 aliphatic heterocycles. The van der Waals surface area contributed by atoms with Crippen LogP contribution < -0.4 is 5.43 Å². The molecule has 126 valence electrons. The summed E-state index contributed by atoms with van der Waals surface area (Å²) in [7, 11) is 0. The van der Waals surface area contributed by atoms with Gasteiger partial charge >= 0.3 is 0 Å². The van der Waals surface area contributed by atoms with E-state index in [1.165, 1.54) is 31.9 Å². The molecule has 0 saturated heterocycles. The van der Waals surface area contributed by atoms with Crippen LogP contribution in [-0.4, -0.2) is 17.2 Å². The van der Waals surface area contributed by atoms with Crippen molar-refractivity contribution < 1.29 is 9.90 Å². The lowest BCUT2D eigenvalue weighted by Crippen LogP contribution is -2.16. The topological polar surface area (TPSA) is 61.7 Å². The fourth-order valence-corrected chi connectivity index (χ4v) is 2.33. The number of carbonyl (C=O) groups is 1. The number of carbonyl (C=O) groups excluding carboxylic acids is 1. The Morgan fingerprint density at radius 1 is 1.26 bits per heavy atom. The summed E-state index contributed by atoms with van der Waals surface area (Å²) in [6.45, 7) is 5.85. The van der Waals surface area contributed by atoms with Crippen molar-refractivity contribution in [3.63, 3.8) is 0 Å². The number of hydrazone groups is 1. The zero-order valence-electron chi connectivity index (χ0n) is 14.1. The molecule has 4 nitrogen and oxygen atoms in total. The van der Waals surface area contributed by atoms with E-state index in [0.29, 0.717) is 18.4 Å². The van der Waals surface area contributed by atoms with Crippen molar-refractivity contribution in [3.8, 4) is 5.75 Å². The fourth-order valence-electron chi connectivity index (χ4n) is 2.33. The number of hydrogen-bond donors (Lipinski definition) is 2. The molecular formula is C19H28N2O2. The number of nitrogens with one attached hydrogen (secondary N) is 1. The van der Waals surface area contributed by atoms with Crippen LogP contribution in [0.2, 0.25) is 0 Å². The number of aromatic hydroxyl groups is 1. The summed E-state index contributed by atoms with van der Waals surface area (Å²) in [6.07, 6.45) is 11.2. The smallest absolute Gasteiger partial charge is 0.240 e. The maximum Gasteiger partial charge on any atom is 0.240 e. The van der Waals surface area contributed by atoms with E-state index in [1.54, 1.807) is 12.1 Å².